The zero-order valence-electron chi connectivity index (χ0n) is 10.7. The molecule has 1 N–H and O–H groups in total. The van der Waals surface area contributed by atoms with Crippen LogP contribution in [0, 0.1) is 0 Å². The van der Waals surface area contributed by atoms with Crippen LogP contribution in [0.1, 0.15) is 15.9 Å². The lowest BCUT2D eigenvalue weighted by molar-refractivity contribution is 0.0697. The molecule has 2 rings (SSSR count). The predicted molar refractivity (Wildman–Crippen MR) is 76.5 cm³/mol. The topological polar surface area (TPSA) is 46.5 Å². The second-order valence-corrected chi connectivity index (χ2v) is 3.65. The van der Waals surface area contributed by atoms with Crippen molar-refractivity contribution < 1.29 is 14.6 Å². The second kappa shape index (κ2) is 7.71. The maximum absolute atomic E-state index is 10.2. The zero-order chi connectivity index (χ0) is 14.1. The molecular formula is C16H16O3. The number of rotatable bonds is 3. The molecule has 0 aliphatic rings. The van der Waals surface area contributed by atoms with E-state index in [0.717, 1.165) is 11.3 Å². The molecule has 0 bridgehead atoms. The summed E-state index contributed by atoms with van der Waals surface area (Å²) in [6.07, 6.45) is 1.79. The molecule has 3 heteroatoms. The van der Waals surface area contributed by atoms with Gasteiger partial charge in [0.15, 0.2) is 0 Å². The average Bonchev–Trinajstić information content (AvgIpc) is 2.48. The number of hydrogen-bond donors (Lipinski definition) is 1. The van der Waals surface area contributed by atoms with Crippen molar-refractivity contribution in [3.05, 3.63) is 72.3 Å². The van der Waals surface area contributed by atoms with Gasteiger partial charge in [0.2, 0.25) is 0 Å². The highest BCUT2D eigenvalue weighted by atomic mass is 16.5. The predicted octanol–water partition coefficient (Wildman–Crippen LogP) is 3.72. The highest BCUT2D eigenvalue weighted by Gasteiger charge is 1.96. The van der Waals surface area contributed by atoms with Crippen LogP contribution in [0.4, 0.5) is 0 Å². The molecule has 2 aromatic carbocycles. The number of ether oxygens (including phenoxy) is 1. The highest BCUT2D eigenvalue weighted by Crippen LogP contribution is 2.12. The average molecular weight is 256 g/mol. The third kappa shape index (κ3) is 5.08. The number of methoxy groups -OCH3 is 1. The number of carboxylic acid groups (broad SMARTS) is 1. The first kappa shape index (κ1) is 14.5. The Hall–Kier alpha value is -2.55. The Labute approximate surface area is 112 Å². The van der Waals surface area contributed by atoms with Gasteiger partial charge in [-0.25, -0.2) is 4.79 Å². The molecule has 0 saturated carbocycles. The fourth-order valence-corrected chi connectivity index (χ4v) is 1.35. The van der Waals surface area contributed by atoms with Crippen LogP contribution >= 0.6 is 0 Å². The van der Waals surface area contributed by atoms with Crippen molar-refractivity contribution in [3.8, 4) is 5.75 Å². The minimum atomic E-state index is -0.879. The maximum atomic E-state index is 10.2. The lowest BCUT2D eigenvalue weighted by Gasteiger charge is -1.98. The van der Waals surface area contributed by atoms with Gasteiger partial charge in [-0.2, -0.15) is 0 Å². The van der Waals surface area contributed by atoms with Crippen LogP contribution in [0.2, 0.25) is 0 Å². The summed E-state index contributed by atoms with van der Waals surface area (Å²) >= 11 is 0. The quantitative estimate of drug-likeness (QED) is 0.910. The standard InChI is InChI=1S/C9H10O.C7H6O2/c1-3-8-5-4-6-9(7-8)10-2;8-7(9)6-4-2-1-3-5-6/h3-7H,1H2,2H3;1-5H,(H,8,9). The Bertz CT molecular complexity index is 533. The molecule has 3 nitrogen and oxygen atoms in total. The van der Waals surface area contributed by atoms with Crippen molar-refractivity contribution in [1.29, 1.82) is 0 Å². The molecule has 0 heterocycles. The molecule has 0 saturated heterocycles. The molecule has 19 heavy (non-hydrogen) atoms. The van der Waals surface area contributed by atoms with Gasteiger partial charge in [0.05, 0.1) is 12.7 Å². The molecule has 0 radical (unpaired) electrons. The van der Waals surface area contributed by atoms with E-state index in [-0.39, 0.29) is 0 Å². The van der Waals surface area contributed by atoms with Crippen molar-refractivity contribution in [1.82, 2.24) is 0 Å². The minimum absolute atomic E-state index is 0.331. The monoisotopic (exact) mass is 256 g/mol. The van der Waals surface area contributed by atoms with Gasteiger partial charge in [-0.1, -0.05) is 43.0 Å². The lowest BCUT2D eigenvalue weighted by Crippen LogP contribution is -1.93. The first-order valence-corrected chi connectivity index (χ1v) is 5.72. The first-order chi connectivity index (χ1) is 9.17. The SMILES string of the molecule is C=Cc1cccc(OC)c1.O=C(O)c1ccccc1. The molecule has 0 aliphatic heterocycles. The summed E-state index contributed by atoms with van der Waals surface area (Å²) in [6.45, 7) is 3.65. The van der Waals surface area contributed by atoms with Crippen LogP contribution in [0.15, 0.2) is 61.2 Å². The van der Waals surface area contributed by atoms with Crippen molar-refractivity contribution in [3.63, 3.8) is 0 Å². The van der Waals surface area contributed by atoms with E-state index in [0.29, 0.717) is 5.56 Å². The molecular weight excluding hydrogens is 240 g/mol. The van der Waals surface area contributed by atoms with Gasteiger partial charge in [-0.3, -0.25) is 0 Å². The summed E-state index contributed by atoms with van der Waals surface area (Å²) < 4.78 is 5.01. The fraction of sp³-hybridized carbons (Fsp3) is 0.0625. The Morgan fingerprint density at radius 2 is 1.84 bits per heavy atom. The molecule has 0 atom stereocenters. The Morgan fingerprint density at radius 1 is 1.16 bits per heavy atom. The molecule has 0 aliphatic carbocycles. The van der Waals surface area contributed by atoms with Crippen molar-refractivity contribution in [2.75, 3.05) is 7.11 Å². The Balaban J connectivity index is 0.000000191. The van der Waals surface area contributed by atoms with Gasteiger partial charge in [0.1, 0.15) is 5.75 Å². The third-order valence-corrected chi connectivity index (χ3v) is 2.35. The number of carbonyl (C=O) groups is 1. The van der Waals surface area contributed by atoms with Gasteiger partial charge >= 0.3 is 5.97 Å². The van der Waals surface area contributed by atoms with Gasteiger partial charge in [0, 0.05) is 0 Å². The summed E-state index contributed by atoms with van der Waals surface area (Å²) in [5, 5.41) is 8.38. The smallest absolute Gasteiger partial charge is 0.335 e. The molecule has 0 amide bonds. The molecule has 2 aromatic rings. The molecule has 0 fully saturated rings. The molecule has 0 aromatic heterocycles. The number of benzene rings is 2. The zero-order valence-corrected chi connectivity index (χ0v) is 10.7. The summed E-state index contributed by atoms with van der Waals surface area (Å²) in [7, 11) is 1.65. The van der Waals surface area contributed by atoms with Crippen LogP contribution in [-0.4, -0.2) is 18.2 Å². The third-order valence-electron chi connectivity index (χ3n) is 2.35. The van der Waals surface area contributed by atoms with Gasteiger partial charge in [-0.15, -0.1) is 0 Å². The number of hydrogen-bond acceptors (Lipinski definition) is 2. The summed E-state index contributed by atoms with van der Waals surface area (Å²) in [5.41, 5.74) is 1.41. The number of aromatic carboxylic acids is 1. The van der Waals surface area contributed by atoms with Crippen LogP contribution in [0.5, 0.6) is 5.75 Å². The highest BCUT2D eigenvalue weighted by molar-refractivity contribution is 5.87. The van der Waals surface area contributed by atoms with Crippen molar-refractivity contribution >= 4 is 12.0 Å². The van der Waals surface area contributed by atoms with Gasteiger partial charge in [0.25, 0.3) is 0 Å². The van der Waals surface area contributed by atoms with E-state index in [9.17, 15) is 4.79 Å². The first-order valence-electron chi connectivity index (χ1n) is 5.72. The largest absolute Gasteiger partial charge is 0.497 e. The van der Waals surface area contributed by atoms with E-state index in [1.165, 1.54) is 0 Å². The van der Waals surface area contributed by atoms with E-state index >= 15 is 0 Å². The molecule has 0 unspecified atom stereocenters. The Morgan fingerprint density at radius 3 is 2.32 bits per heavy atom. The van der Waals surface area contributed by atoms with Crippen LogP contribution in [0.25, 0.3) is 6.08 Å². The summed E-state index contributed by atoms with van der Waals surface area (Å²) in [6, 6.07) is 16.1. The Kier molecular flexibility index (Phi) is 5.89. The van der Waals surface area contributed by atoms with Crippen molar-refractivity contribution in [2.24, 2.45) is 0 Å². The normalized spacial score (nSPS) is 8.89. The van der Waals surface area contributed by atoms with Crippen LogP contribution in [-0.2, 0) is 0 Å². The lowest BCUT2D eigenvalue weighted by atomic mass is 10.2. The molecule has 98 valence electrons. The number of carboxylic acids is 1. The van der Waals surface area contributed by atoms with Crippen LogP contribution < -0.4 is 4.74 Å². The van der Waals surface area contributed by atoms with Gasteiger partial charge in [-0.05, 0) is 29.8 Å². The second-order valence-electron chi connectivity index (χ2n) is 3.65. The van der Waals surface area contributed by atoms with Gasteiger partial charge < -0.3 is 9.84 Å². The van der Waals surface area contributed by atoms with E-state index in [2.05, 4.69) is 6.58 Å². The maximum Gasteiger partial charge on any atom is 0.335 e. The summed E-state index contributed by atoms with van der Waals surface area (Å²) in [5.74, 6) is -0.00648. The van der Waals surface area contributed by atoms with E-state index in [1.54, 1.807) is 43.5 Å². The van der Waals surface area contributed by atoms with Crippen molar-refractivity contribution in [2.45, 2.75) is 0 Å². The minimum Gasteiger partial charge on any atom is -0.497 e. The van der Waals surface area contributed by atoms with E-state index in [1.807, 2.05) is 24.3 Å². The van der Waals surface area contributed by atoms with E-state index in [4.69, 9.17) is 9.84 Å². The van der Waals surface area contributed by atoms with Crippen LogP contribution in [0.3, 0.4) is 0 Å². The molecule has 0 spiro atoms. The fourth-order valence-electron chi connectivity index (χ4n) is 1.35. The summed E-state index contributed by atoms with van der Waals surface area (Å²) in [4.78, 5) is 10.2. The van der Waals surface area contributed by atoms with E-state index < -0.39 is 5.97 Å².